The minimum absolute atomic E-state index is 0. The Kier molecular flexibility index (Phi) is 5.26. The van der Waals surface area contributed by atoms with Crippen LogP contribution < -0.4 is 5.73 Å². The Morgan fingerprint density at radius 1 is 1.12 bits per heavy atom. The Bertz CT molecular complexity index is 252. The second-order valence-corrected chi connectivity index (χ2v) is 5.67. The quantitative estimate of drug-likeness (QED) is 0.787. The van der Waals surface area contributed by atoms with E-state index >= 15 is 0 Å². The molecule has 17 heavy (non-hydrogen) atoms. The fourth-order valence-corrected chi connectivity index (χ4v) is 3.29. The van der Waals surface area contributed by atoms with Crippen LogP contribution in [0.25, 0.3) is 0 Å². The fraction of sp³-hybridized carbons (Fsp3) is 0.923. The van der Waals surface area contributed by atoms with Crippen LogP contribution in [0.5, 0.6) is 0 Å². The maximum atomic E-state index is 11.8. The van der Waals surface area contributed by atoms with Crippen molar-refractivity contribution in [3.05, 3.63) is 0 Å². The van der Waals surface area contributed by atoms with Gasteiger partial charge in [-0.2, -0.15) is 0 Å². The topological polar surface area (TPSA) is 46.3 Å². The van der Waals surface area contributed by atoms with Crippen molar-refractivity contribution in [2.24, 2.45) is 11.1 Å². The average Bonchev–Trinajstić information content (AvgIpc) is 2.30. The lowest BCUT2D eigenvalue weighted by atomic mass is 9.68. The van der Waals surface area contributed by atoms with Gasteiger partial charge in [0.05, 0.1) is 6.04 Å². The molecule has 4 heteroatoms. The first-order valence-electron chi connectivity index (χ1n) is 6.67. The molecule has 2 aliphatic rings. The van der Waals surface area contributed by atoms with Crippen molar-refractivity contribution in [2.75, 3.05) is 13.1 Å². The van der Waals surface area contributed by atoms with E-state index in [1.165, 1.54) is 44.9 Å². The van der Waals surface area contributed by atoms with Gasteiger partial charge in [0.25, 0.3) is 0 Å². The van der Waals surface area contributed by atoms with Crippen molar-refractivity contribution < 1.29 is 4.79 Å². The zero-order chi connectivity index (χ0) is 11.6. The molecule has 2 rings (SSSR count). The number of rotatable bonds is 1. The molecule has 1 saturated carbocycles. The lowest BCUT2D eigenvalue weighted by Gasteiger charge is -2.44. The van der Waals surface area contributed by atoms with Gasteiger partial charge in [-0.25, -0.2) is 0 Å². The lowest BCUT2D eigenvalue weighted by molar-refractivity contribution is -0.134. The third-order valence-corrected chi connectivity index (χ3v) is 4.44. The van der Waals surface area contributed by atoms with E-state index in [1.54, 1.807) is 6.92 Å². The van der Waals surface area contributed by atoms with Crippen molar-refractivity contribution in [1.82, 2.24) is 4.90 Å². The van der Waals surface area contributed by atoms with Crippen molar-refractivity contribution >= 4 is 18.3 Å². The van der Waals surface area contributed by atoms with E-state index in [0.717, 1.165) is 13.1 Å². The fourth-order valence-electron chi connectivity index (χ4n) is 3.29. The highest BCUT2D eigenvalue weighted by Gasteiger charge is 2.36. The van der Waals surface area contributed by atoms with Crippen LogP contribution in [0.1, 0.15) is 51.9 Å². The molecular formula is C13H25ClN2O. The number of amides is 1. The van der Waals surface area contributed by atoms with E-state index in [2.05, 4.69) is 0 Å². The number of nitrogens with two attached hydrogens (primary N) is 1. The molecule has 1 aliphatic heterocycles. The Balaban J connectivity index is 0.00000144. The van der Waals surface area contributed by atoms with E-state index < -0.39 is 0 Å². The highest BCUT2D eigenvalue weighted by molar-refractivity contribution is 5.85. The van der Waals surface area contributed by atoms with E-state index in [4.69, 9.17) is 5.73 Å². The first kappa shape index (κ1) is 14.8. The van der Waals surface area contributed by atoms with Gasteiger partial charge in [0.15, 0.2) is 0 Å². The SMILES string of the molecule is C[C@@H](N)C(=O)N1CCC2(CCCCC2)CC1.Cl. The summed E-state index contributed by atoms with van der Waals surface area (Å²) in [4.78, 5) is 13.7. The molecule has 3 nitrogen and oxygen atoms in total. The van der Waals surface area contributed by atoms with Gasteiger partial charge in [0, 0.05) is 13.1 Å². The molecule has 0 unspecified atom stereocenters. The predicted octanol–water partition coefficient (Wildman–Crippen LogP) is 2.33. The third kappa shape index (κ3) is 3.35. The summed E-state index contributed by atoms with van der Waals surface area (Å²) in [5.41, 5.74) is 6.22. The van der Waals surface area contributed by atoms with Crippen LogP contribution in [-0.2, 0) is 4.79 Å². The molecular weight excluding hydrogens is 236 g/mol. The number of halogens is 1. The van der Waals surface area contributed by atoms with Crippen molar-refractivity contribution in [3.63, 3.8) is 0 Å². The molecule has 1 spiro atoms. The van der Waals surface area contributed by atoms with Gasteiger partial charge < -0.3 is 10.6 Å². The molecule has 0 aromatic rings. The number of carbonyl (C=O) groups is 1. The monoisotopic (exact) mass is 260 g/mol. The highest BCUT2D eigenvalue weighted by atomic mass is 35.5. The van der Waals surface area contributed by atoms with Crippen LogP contribution in [0, 0.1) is 5.41 Å². The van der Waals surface area contributed by atoms with Gasteiger partial charge >= 0.3 is 0 Å². The van der Waals surface area contributed by atoms with Crippen molar-refractivity contribution in [3.8, 4) is 0 Å². The molecule has 1 amide bonds. The van der Waals surface area contributed by atoms with Crippen molar-refractivity contribution in [1.29, 1.82) is 0 Å². The number of likely N-dealkylation sites (tertiary alicyclic amines) is 1. The minimum Gasteiger partial charge on any atom is -0.341 e. The summed E-state index contributed by atoms with van der Waals surface area (Å²) in [6, 6.07) is -0.333. The number of hydrogen-bond acceptors (Lipinski definition) is 2. The summed E-state index contributed by atoms with van der Waals surface area (Å²) in [7, 11) is 0. The van der Waals surface area contributed by atoms with Gasteiger partial charge in [-0.1, -0.05) is 19.3 Å². The Hall–Kier alpha value is -0.280. The second kappa shape index (κ2) is 6.05. The molecule has 2 N–H and O–H groups in total. The molecule has 1 aliphatic carbocycles. The second-order valence-electron chi connectivity index (χ2n) is 5.67. The molecule has 1 saturated heterocycles. The van der Waals surface area contributed by atoms with Crippen LogP contribution in [0.15, 0.2) is 0 Å². The summed E-state index contributed by atoms with van der Waals surface area (Å²) in [5, 5.41) is 0. The van der Waals surface area contributed by atoms with E-state index in [0.29, 0.717) is 5.41 Å². The first-order chi connectivity index (χ1) is 7.63. The number of hydrogen-bond donors (Lipinski definition) is 1. The number of carbonyl (C=O) groups excluding carboxylic acids is 1. The lowest BCUT2D eigenvalue weighted by Crippen LogP contribution is -2.48. The zero-order valence-electron chi connectivity index (χ0n) is 10.8. The third-order valence-electron chi connectivity index (χ3n) is 4.44. The van der Waals surface area contributed by atoms with Crippen LogP contribution in [0.4, 0.5) is 0 Å². The maximum absolute atomic E-state index is 11.8. The molecule has 0 bridgehead atoms. The molecule has 1 atom stereocenters. The predicted molar refractivity (Wildman–Crippen MR) is 72.2 cm³/mol. The minimum atomic E-state index is -0.333. The smallest absolute Gasteiger partial charge is 0.239 e. The molecule has 0 radical (unpaired) electrons. The van der Waals surface area contributed by atoms with Gasteiger partial charge in [-0.3, -0.25) is 4.79 Å². The van der Waals surface area contributed by atoms with Crippen LogP contribution in [-0.4, -0.2) is 29.9 Å². The standard InChI is InChI=1S/C13H24N2O.ClH/c1-11(14)12(16)15-9-7-13(8-10-15)5-3-2-4-6-13;/h11H,2-10,14H2,1H3;1H/t11-;/m1./s1. The normalized spacial score (nSPS) is 25.2. The molecule has 100 valence electrons. The first-order valence-corrected chi connectivity index (χ1v) is 6.67. The molecule has 0 aromatic carbocycles. The van der Waals surface area contributed by atoms with Gasteiger partial charge in [0.2, 0.25) is 5.91 Å². The number of nitrogens with zero attached hydrogens (tertiary/aromatic N) is 1. The zero-order valence-corrected chi connectivity index (χ0v) is 11.6. The van der Waals surface area contributed by atoms with Crippen molar-refractivity contribution in [2.45, 2.75) is 57.9 Å². The van der Waals surface area contributed by atoms with Gasteiger partial charge in [0.1, 0.15) is 0 Å². The van der Waals surface area contributed by atoms with Gasteiger partial charge in [-0.05, 0) is 38.0 Å². The van der Waals surface area contributed by atoms with E-state index in [1.807, 2.05) is 4.90 Å². The summed E-state index contributed by atoms with van der Waals surface area (Å²) in [5.74, 6) is 0.130. The van der Waals surface area contributed by atoms with E-state index in [-0.39, 0.29) is 24.4 Å². The summed E-state index contributed by atoms with van der Waals surface area (Å²) in [6.45, 7) is 3.65. The highest BCUT2D eigenvalue weighted by Crippen LogP contribution is 2.44. The van der Waals surface area contributed by atoms with Crippen LogP contribution in [0.2, 0.25) is 0 Å². The summed E-state index contributed by atoms with van der Waals surface area (Å²) in [6.07, 6.45) is 9.35. The molecule has 0 aromatic heterocycles. The van der Waals surface area contributed by atoms with Crippen LogP contribution in [0.3, 0.4) is 0 Å². The average molecular weight is 261 g/mol. The number of piperidine rings is 1. The largest absolute Gasteiger partial charge is 0.341 e. The Morgan fingerprint density at radius 3 is 2.12 bits per heavy atom. The van der Waals surface area contributed by atoms with E-state index in [9.17, 15) is 4.79 Å². The Labute approximate surface area is 111 Å². The summed E-state index contributed by atoms with van der Waals surface area (Å²) < 4.78 is 0. The van der Waals surface area contributed by atoms with Crippen LogP contribution >= 0.6 is 12.4 Å². The molecule has 2 fully saturated rings. The maximum Gasteiger partial charge on any atom is 0.239 e. The van der Waals surface area contributed by atoms with Gasteiger partial charge in [-0.15, -0.1) is 12.4 Å². The Morgan fingerprint density at radius 2 is 1.65 bits per heavy atom. The molecule has 1 heterocycles. The summed E-state index contributed by atoms with van der Waals surface area (Å²) >= 11 is 0.